The Balaban J connectivity index is 2.30. The molecule has 4 nitrogen and oxygen atoms in total. The van der Waals surface area contributed by atoms with Crippen LogP contribution in [0.5, 0.6) is 0 Å². The molecule has 0 spiro atoms. The highest BCUT2D eigenvalue weighted by Crippen LogP contribution is 2.38. The van der Waals surface area contributed by atoms with E-state index < -0.39 is 11.7 Å². The predicted molar refractivity (Wildman–Crippen MR) is 79.8 cm³/mol. The van der Waals surface area contributed by atoms with E-state index in [0.717, 1.165) is 6.07 Å². The number of anilines is 1. The second-order valence-electron chi connectivity index (χ2n) is 5.52. The number of nitrogens with one attached hydrogen (secondary N) is 1. The summed E-state index contributed by atoms with van der Waals surface area (Å²) in [5, 5.41) is 11.5. The summed E-state index contributed by atoms with van der Waals surface area (Å²) in [6.07, 6.45) is -3.22. The molecule has 1 aromatic carbocycles. The van der Waals surface area contributed by atoms with Crippen LogP contribution in [0.25, 0.3) is 0 Å². The van der Waals surface area contributed by atoms with E-state index in [0.29, 0.717) is 25.9 Å². The van der Waals surface area contributed by atoms with E-state index in [1.807, 2.05) is 0 Å². The molecule has 0 aromatic heterocycles. The van der Waals surface area contributed by atoms with Gasteiger partial charge in [-0.2, -0.15) is 18.4 Å². The van der Waals surface area contributed by atoms with Gasteiger partial charge >= 0.3 is 6.18 Å². The summed E-state index contributed by atoms with van der Waals surface area (Å²) in [4.78, 5) is 13.5. The Hall–Kier alpha value is -2.23. The lowest BCUT2D eigenvalue weighted by Gasteiger charge is -2.35. The maximum Gasteiger partial charge on any atom is 0.418 e. The molecule has 0 unspecified atom stereocenters. The summed E-state index contributed by atoms with van der Waals surface area (Å²) in [5.41, 5.74) is -0.822. The topological polar surface area (TPSA) is 56.1 Å². The molecule has 1 aliphatic rings. The second kappa shape index (κ2) is 6.90. The van der Waals surface area contributed by atoms with Crippen molar-refractivity contribution in [1.29, 1.82) is 5.26 Å². The first-order valence-corrected chi connectivity index (χ1v) is 7.50. The van der Waals surface area contributed by atoms with E-state index >= 15 is 0 Å². The minimum atomic E-state index is -4.54. The largest absolute Gasteiger partial charge is 0.418 e. The van der Waals surface area contributed by atoms with Crippen molar-refractivity contribution in [2.45, 2.75) is 25.9 Å². The molecule has 23 heavy (non-hydrogen) atoms. The standard InChI is InChI=1S/C16H18F3N3O/c1-2-21-15(23)12-4-3-7-22(10-12)14-6-5-11(9-20)8-13(14)16(17,18)19/h5-6,8,12H,2-4,7,10H2,1H3,(H,21,23)/t12-/m1/s1. The molecule has 0 bridgehead atoms. The highest BCUT2D eigenvalue weighted by Gasteiger charge is 2.36. The number of hydrogen-bond donors (Lipinski definition) is 1. The summed E-state index contributed by atoms with van der Waals surface area (Å²) < 4.78 is 39.8. The number of carbonyl (C=O) groups excluding carboxylic acids is 1. The summed E-state index contributed by atoms with van der Waals surface area (Å²) >= 11 is 0. The van der Waals surface area contributed by atoms with E-state index in [1.54, 1.807) is 17.9 Å². The summed E-state index contributed by atoms with van der Waals surface area (Å²) in [5.74, 6) is -0.445. The third-order valence-electron chi connectivity index (χ3n) is 3.91. The van der Waals surface area contributed by atoms with Gasteiger partial charge in [0, 0.05) is 25.3 Å². The zero-order chi connectivity index (χ0) is 17.0. The van der Waals surface area contributed by atoms with Gasteiger partial charge in [0.05, 0.1) is 23.1 Å². The molecule has 1 N–H and O–H groups in total. The number of rotatable bonds is 3. The SMILES string of the molecule is CCNC(=O)[C@@H]1CCCN(c2ccc(C#N)cc2C(F)(F)F)C1. The third kappa shape index (κ3) is 3.95. The van der Waals surface area contributed by atoms with Crippen molar-refractivity contribution in [3.05, 3.63) is 29.3 Å². The maximum absolute atomic E-state index is 13.3. The molecular formula is C16H18F3N3O. The monoisotopic (exact) mass is 325 g/mol. The maximum atomic E-state index is 13.3. The Bertz CT molecular complexity index is 622. The van der Waals surface area contributed by atoms with Crippen molar-refractivity contribution < 1.29 is 18.0 Å². The fourth-order valence-electron chi connectivity index (χ4n) is 2.84. The van der Waals surface area contributed by atoms with Crippen molar-refractivity contribution in [3.63, 3.8) is 0 Å². The highest BCUT2D eigenvalue weighted by atomic mass is 19.4. The highest BCUT2D eigenvalue weighted by molar-refractivity contribution is 5.79. The zero-order valence-corrected chi connectivity index (χ0v) is 12.8. The number of nitrogens with zero attached hydrogens (tertiary/aromatic N) is 2. The summed E-state index contributed by atoms with van der Waals surface area (Å²) in [6.45, 7) is 3.02. The van der Waals surface area contributed by atoms with Crippen LogP contribution in [0, 0.1) is 17.2 Å². The molecule has 1 heterocycles. The quantitative estimate of drug-likeness (QED) is 0.929. The molecule has 0 radical (unpaired) electrons. The molecule has 7 heteroatoms. The Kier molecular flexibility index (Phi) is 5.14. The first-order valence-electron chi connectivity index (χ1n) is 7.50. The Morgan fingerprint density at radius 3 is 2.83 bits per heavy atom. The van der Waals surface area contributed by atoms with E-state index in [2.05, 4.69) is 5.32 Å². The average molecular weight is 325 g/mol. The van der Waals surface area contributed by atoms with Gasteiger partial charge in [0.1, 0.15) is 0 Å². The molecule has 1 amide bonds. The van der Waals surface area contributed by atoms with Crippen molar-refractivity contribution in [1.82, 2.24) is 5.32 Å². The van der Waals surface area contributed by atoms with Gasteiger partial charge in [0.2, 0.25) is 5.91 Å². The van der Waals surface area contributed by atoms with Crippen LogP contribution in [0.15, 0.2) is 18.2 Å². The number of halogens is 3. The van der Waals surface area contributed by atoms with Crippen molar-refractivity contribution in [2.24, 2.45) is 5.92 Å². The predicted octanol–water partition coefficient (Wildman–Crippen LogP) is 2.93. The van der Waals surface area contributed by atoms with Gasteiger partial charge in [-0.05, 0) is 38.0 Å². The normalized spacial score (nSPS) is 18.4. The zero-order valence-electron chi connectivity index (χ0n) is 12.8. The first kappa shape index (κ1) is 17.1. The molecule has 2 rings (SSSR count). The van der Waals surface area contributed by atoms with Crippen LogP contribution in [0.4, 0.5) is 18.9 Å². The number of carbonyl (C=O) groups is 1. The van der Waals surface area contributed by atoms with Crippen molar-refractivity contribution in [3.8, 4) is 6.07 Å². The van der Waals surface area contributed by atoms with E-state index in [4.69, 9.17) is 5.26 Å². The van der Waals surface area contributed by atoms with Crippen LogP contribution in [0.1, 0.15) is 30.9 Å². The molecule has 1 atom stereocenters. The van der Waals surface area contributed by atoms with Gasteiger partial charge in [-0.25, -0.2) is 0 Å². The van der Waals surface area contributed by atoms with Crippen LogP contribution in [-0.2, 0) is 11.0 Å². The third-order valence-corrected chi connectivity index (χ3v) is 3.91. The van der Waals surface area contributed by atoms with Gasteiger partial charge in [-0.15, -0.1) is 0 Å². The number of hydrogen-bond acceptors (Lipinski definition) is 3. The Morgan fingerprint density at radius 1 is 1.48 bits per heavy atom. The van der Waals surface area contributed by atoms with E-state index in [1.165, 1.54) is 12.1 Å². The number of benzene rings is 1. The van der Waals surface area contributed by atoms with Crippen LogP contribution < -0.4 is 10.2 Å². The van der Waals surface area contributed by atoms with Crippen molar-refractivity contribution >= 4 is 11.6 Å². The van der Waals surface area contributed by atoms with E-state index in [9.17, 15) is 18.0 Å². The fraction of sp³-hybridized carbons (Fsp3) is 0.500. The van der Waals surface area contributed by atoms with Crippen LogP contribution in [0.3, 0.4) is 0 Å². The van der Waals surface area contributed by atoms with Gasteiger partial charge < -0.3 is 10.2 Å². The molecule has 1 aliphatic heterocycles. The lowest BCUT2D eigenvalue weighted by atomic mass is 9.95. The second-order valence-corrected chi connectivity index (χ2v) is 5.52. The number of piperidine rings is 1. The van der Waals surface area contributed by atoms with Crippen molar-refractivity contribution in [2.75, 3.05) is 24.5 Å². The van der Waals surface area contributed by atoms with Crippen LogP contribution >= 0.6 is 0 Å². The number of alkyl halides is 3. The average Bonchev–Trinajstić information content (AvgIpc) is 2.54. The molecule has 0 saturated carbocycles. The first-order chi connectivity index (χ1) is 10.9. The Labute approximate surface area is 132 Å². The summed E-state index contributed by atoms with van der Waals surface area (Å²) in [6, 6.07) is 5.29. The number of nitriles is 1. The molecule has 1 fully saturated rings. The van der Waals surface area contributed by atoms with Gasteiger partial charge in [-0.3, -0.25) is 4.79 Å². The smallest absolute Gasteiger partial charge is 0.370 e. The molecule has 1 saturated heterocycles. The minimum absolute atomic E-state index is 0.0293. The van der Waals surface area contributed by atoms with E-state index in [-0.39, 0.29) is 29.6 Å². The lowest BCUT2D eigenvalue weighted by Crippen LogP contribution is -2.43. The molecule has 1 aromatic rings. The van der Waals surface area contributed by atoms with Gasteiger partial charge in [-0.1, -0.05) is 0 Å². The van der Waals surface area contributed by atoms with Crippen LogP contribution in [0.2, 0.25) is 0 Å². The Morgan fingerprint density at radius 2 is 2.22 bits per heavy atom. The molecule has 0 aliphatic carbocycles. The summed E-state index contributed by atoms with van der Waals surface area (Å²) in [7, 11) is 0. The molecule has 124 valence electrons. The van der Waals surface area contributed by atoms with Crippen LogP contribution in [-0.4, -0.2) is 25.5 Å². The van der Waals surface area contributed by atoms with Gasteiger partial charge in [0.25, 0.3) is 0 Å². The number of amides is 1. The minimum Gasteiger partial charge on any atom is -0.370 e. The molecular weight excluding hydrogens is 307 g/mol. The van der Waals surface area contributed by atoms with Gasteiger partial charge in [0.15, 0.2) is 0 Å². The fourth-order valence-corrected chi connectivity index (χ4v) is 2.84. The lowest BCUT2D eigenvalue weighted by molar-refractivity contribution is -0.137.